The molecule has 2 heterocycles. The van der Waals surface area contributed by atoms with Gasteiger partial charge in [0.2, 0.25) is 5.91 Å². The molecule has 0 saturated heterocycles. The molecule has 3 aromatic rings. The average molecular weight is 463 g/mol. The normalized spacial score (nSPS) is 13.6. The number of benzene rings is 2. The van der Waals surface area contributed by atoms with Crippen molar-refractivity contribution >= 4 is 23.3 Å². The topological polar surface area (TPSA) is 98.1 Å². The minimum atomic E-state index is -0.818. The fourth-order valence-corrected chi connectivity index (χ4v) is 3.71. The highest BCUT2D eigenvalue weighted by molar-refractivity contribution is 6.05. The van der Waals surface area contributed by atoms with E-state index in [-0.39, 0.29) is 37.4 Å². The van der Waals surface area contributed by atoms with Crippen molar-refractivity contribution in [1.29, 1.82) is 0 Å². The Morgan fingerprint density at radius 2 is 1.97 bits per heavy atom. The van der Waals surface area contributed by atoms with E-state index in [4.69, 9.17) is 13.9 Å². The second-order valence-corrected chi connectivity index (χ2v) is 8.19. The van der Waals surface area contributed by atoms with Crippen LogP contribution in [0.3, 0.4) is 0 Å². The lowest BCUT2D eigenvalue weighted by Gasteiger charge is -2.33. The molecule has 0 aliphatic carbocycles. The van der Waals surface area contributed by atoms with Crippen LogP contribution in [0.5, 0.6) is 11.5 Å². The summed E-state index contributed by atoms with van der Waals surface area (Å²) in [6.07, 6.45) is 1.52. The summed E-state index contributed by atoms with van der Waals surface area (Å²) < 4.78 is 16.5. The Morgan fingerprint density at radius 3 is 2.74 bits per heavy atom. The summed E-state index contributed by atoms with van der Waals surface area (Å²) >= 11 is 0. The zero-order chi connectivity index (χ0) is 24.2. The number of anilines is 1. The number of carbonyl (C=O) groups excluding carboxylic acids is 3. The molecule has 1 N–H and O–H groups in total. The highest BCUT2D eigenvalue weighted by atomic mass is 16.5. The molecule has 4 rings (SSSR count). The molecule has 176 valence electrons. The van der Waals surface area contributed by atoms with E-state index >= 15 is 0 Å². The van der Waals surface area contributed by atoms with Gasteiger partial charge in [0.1, 0.15) is 23.3 Å². The molecule has 8 heteroatoms. The fourth-order valence-electron chi connectivity index (χ4n) is 3.71. The molecular weight excluding hydrogens is 436 g/mol. The maximum atomic E-state index is 12.9. The van der Waals surface area contributed by atoms with E-state index in [0.717, 1.165) is 11.1 Å². The summed E-state index contributed by atoms with van der Waals surface area (Å²) in [6, 6.07) is 13.3. The quantitative estimate of drug-likeness (QED) is 0.514. The first-order chi connectivity index (χ1) is 16.3. The zero-order valence-electron chi connectivity index (χ0n) is 19.3. The molecule has 2 aromatic carbocycles. The van der Waals surface area contributed by atoms with E-state index in [1.165, 1.54) is 11.2 Å². The van der Waals surface area contributed by atoms with Gasteiger partial charge in [0.15, 0.2) is 19.0 Å². The number of hydrogen-bond acceptors (Lipinski definition) is 6. The zero-order valence-corrected chi connectivity index (χ0v) is 19.3. The summed E-state index contributed by atoms with van der Waals surface area (Å²) in [6.45, 7) is 5.35. The van der Waals surface area contributed by atoms with Crippen molar-refractivity contribution in [2.45, 2.75) is 33.4 Å². The Hall–Kier alpha value is -4.07. The number of furan rings is 1. The van der Waals surface area contributed by atoms with Gasteiger partial charge in [0.25, 0.3) is 5.91 Å². The number of nitrogens with one attached hydrogen (secondary N) is 1. The van der Waals surface area contributed by atoms with Crippen LogP contribution >= 0.6 is 0 Å². The van der Waals surface area contributed by atoms with E-state index in [1.807, 2.05) is 32.0 Å². The summed E-state index contributed by atoms with van der Waals surface area (Å²) in [5.41, 5.74) is 2.70. The van der Waals surface area contributed by atoms with E-state index in [0.29, 0.717) is 28.5 Å². The van der Waals surface area contributed by atoms with Crippen LogP contribution < -0.4 is 19.7 Å². The smallest absolute Gasteiger partial charge is 0.265 e. The van der Waals surface area contributed by atoms with Crippen molar-refractivity contribution in [3.05, 3.63) is 77.2 Å². The molecule has 0 spiro atoms. The van der Waals surface area contributed by atoms with E-state index in [9.17, 15) is 14.4 Å². The Bertz CT molecular complexity index is 1220. The third-order valence-corrected chi connectivity index (χ3v) is 5.65. The molecule has 1 aromatic heterocycles. The molecule has 0 bridgehead atoms. The number of rotatable bonds is 8. The van der Waals surface area contributed by atoms with Gasteiger partial charge in [-0.25, -0.2) is 0 Å². The van der Waals surface area contributed by atoms with Gasteiger partial charge in [-0.15, -0.1) is 0 Å². The van der Waals surface area contributed by atoms with Crippen molar-refractivity contribution in [2.24, 2.45) is 0 Å². The predicted octanol–water partition coefficient (Wildman–Crippen LogP) is 3.59. The van der Waals surface area contributed by atoms with Crippen LogP contribution in [0.2, 0.25) is 0 Å². The first-order valence-electron chi connectivity index (χ1n) is 11.0. The van der Waals surface area contributed by atoms with Crippen LogP contribution in [-0.4, -0.2) is 36.9 Å². The molecule has 1 unspecified atom stereocenters. The Balaban J connectivity index is 1.50. The van der Waals surface area contributed by atoms with Gasteiger partial charge < -0.3 is 19.2 Å². The van der Waals surface area contributed by atoms with Crippen molar-refractivity contribution < 1.29 is 28.3 Å². The van der Waals surface area contributed by atoms with Crippen molar-refractivity contribution in [2.75, 3.05) is 18.1 Å². The highest BCUT2D eigenvalue weighted by Crippen LogP contribution is 2.34. The standard InChI is InChI=1S/C26H26N2O6/c1-16-6-7-17(2)24(11-16)33-14-22(29)19-8-9-23-21(12-19)28(25(30)15-34-23)18(3)26(31)27-13-20-5-4-10-32-20/h4-12,18H,13-15H2,1-3H3,(H,27,31). The van der Waals surface area contributed by atoms with Crippen LogP contribution in [0.15, 0.2) is 59.2 Å². The lowest BCUT2D eigenvalue weighted by atomic mass is 10.1. The van der Waals surface area contributed by atoms with E-state index in [1.54, 1.807) is 37.3 Å². The average Bonchev–Trinajstić information content (AvgIpc) is 3.35. The number of carbonyl (C=O) groups is 3. The van der Waals surface area contributed by atoms with Crippen LogP contribution in [0, 0.1) is 13.8 Å². The third-order valence-electron chi connectivity index (χ3n) is 5.65. The molecule has 2 amide bonds. The summed E-state index contributed by atoms with van der Waals surface area (Å²) in [5.74, 6) is 0.699. The van der Waals surface area contributed by atoms with Crippen molar-refractivity contribution in [1.82, 2.24) is 5.32 Å². The SMILES string of the molecule is Cc1ccc(C)c(OCC(=O)c2ccc3c(c2)N(C(C)C(=O)NCc2ccco2)C(=O)CO3)c1. The van der Waals surface area contributed by atoms with Crippen LogP contribution in [0.1, 0.15) is 34.2 Å². The van der Waals surface area contributed by atoms with Gasteiger partial charge in [-0.2, -0.15) is 0 Å². The van der Waals surface area contributed by atoms with Crippen molar-refractivity contribution in [3.63, 3.8) is 0 Å². The Labute approximate surface area is 197 Å². The fraction of sp³-hybridized carbons (Fsp3) is 0.269. The first kappa shape index (κ1) is 23.1. The lowest BCUT2D eigenvalue weighted by molar-refractivity contribution is -0.127. The van der Waals surface area contributed by atoms with Crippen molar-refractivity contribution in [3.8, 4) is 11.5 Å². The predicted molar refractivity (Wildman–Crippen MR) is 125 cm³/mol. The molecule has 1 aliphatic heterocycles. The molecule has 34 heavy (non-hydrogen) atoms. The molecule has 0 radical (unpaired) electrons. The lowest BCUT2D eigenvalue weighted by Crippen LogP contribution is -2.51. The number of amides is 2. The Kier molecular flexibility index (Phi) is 6.67. The molecule has 1 atom stereocenters. The number of fused-ring (bicyclic) bond motifs is 1. The van der Waals surface area contributed by atoms with Crippen LogP contribution in [-0.2, 0) is 16.1 Å². The molecular formula is C26H26N2O6. The molecule has 0 saturated carbocycles. The number of hydrogen-bond donors (Lipinski definition) is 1. The second-order valence-electron chi connectivity index (χ2n) is 8.19. The largest absolute Gasteiger partial charge is 0.485 e. The summed E-state index contributed by atoms with van der Waals surface area (Å²) in [7, 11) is 0. The van der Waals surface area contributed by atoms with Gasteiger partial charge in [-0.05, 0) is 68.3 Å². The van der Waals surface area contributed by atoms with Gasteiger partial charge in [0, 0.05) is 5.56 Å². The van der Waals surface area contributed by atoms with Gasteiger partial charge in [-0.3, -0.25) is 19.3 Å². The molecule has 0 fully saturated rings. The number of aryl methyl sites for hydroxylation is 2. The summed E-state index contributed by atoms with van der Waals surface area (Å²) in [4.78, 5) is 39.7. The Morgan fingerprint density at radius 1 is 1.15 bits per heavy atom. The second kappa shape index (κ2) is 9.82. The van der Waals surface area contributed by atoms with E-state index < -0.39 is 6.04 Å². The minimum absolute atomic E-state index is 0.156. The maximum absolute atomic E-state index is 12.9. The minimum Gasteiger partial charge on any atom is -0.485 e. The van der Waals surface area contributed by atoms with Crippen LogP contribution in [0.25, 0.3) is 0 Å². The van der Waals surface area contributed by atoms with Gasteiger partial charge in [0.05, 0.1) is 18.5 Å². The highest BCUT2D eigenvalue weighted by Gasteiger charge is 2.33. The third kappa shape index (κ3) is 4.96. The van der Waals surface area contributed by atoms with Crippen LogP contribution in [0.4, 0.5) is 5.69 Å². The number of nitrogens with zero attached hydrogens (tertiary/aromatic N) is 1. The maximum Gasteiger partial charge on any atom is 0.265 e. The number of Topliss-reactive ketones (excluding diaryl/α,β-unsaturated/α-hetero) is 1. The molecule has 8 nitrogen and oxygen atoms in total. The van der Waals surface area contributed by atoms with E-state index in [2.05, 4.69) is 5.32 Å². The summed E-state index contributed by atoms with van der Waals surface area (Å²) in [5, 5.41) is 2.76. The van der Waals surface area contributed by atoms with Gasteiger partial charge in [-0.1, -0.05) is 12.1 Å². The number of ketones is 1. The number of ether oxygens (including phenoxy) is 2. The van der Waals surface area contributed by atoms with Gasteiger partial charge >= 0.3 is 0 Å². The molecule has 1 aliphatic rings. The first-order valence-corrected chi connectivity index (χ1v) is 11.0. The monoisotopic (exact) mass is 462 g/mol.